The summed E-state index contributed by atoms with van der Waals surface area (Å²) in [4.78, 5) is 15.1. The molecule has 1 heterocycles. The summed E-state index contributed by atoms with van der Waals surface area (Å²) in [5.74, 6) is 1.52. The molecule has 2 aromatic rings. The van der Waals surface area contributed by atoms with Gasteiger partial charge in [-0.15, -0.1) is 0 Å². The molecule has 150 valence electrons. The maximum atomic E-state index is 12.6. The average molecular weight is 381 g/mol. The number of piperidine rings is 1. The summed E-state index contributed by atoms with van der Waals surface area (Å²) >= 11 is 0. The average Bonchev–Trinajstić information content (AvgIpc) is 2.69. The summed E-state index contributed by atoms with van der Waals surface area (Å²) in [6.07, 6.45) is 2.58. The van der Waals surface area contributed by atoms with Gasteiger partial charge in [-0.25, -0.2) is 0 Å². The molecule has 2 unspecified atom stereocenters. The first kappa shape index (κ1) is 20.2. The predicted octanol–water partition coefficient (Wildman–Crippen LogP) is 5.12. The number of nitrogens with one attached hydrogen (secondary N) is 1. The molecule has 4 heteroatoms. The maximum absolute atomic E-state index is 12.6. The van der Waals surface area contributed by atoms with Crippen LogP contribution < -0.4 is 15.0 Å². The first-order valence-electron chi connectivity index (χ1n) is 10.4. The van der Waals surface area contributed by atoms with Crippen LogP contribution in [0.1, 0.15) is 61.1 Å². The van der Waals surface area contributed by atoms with Crippen molar-refractivity contribution in [2.24, 2.45) is 5.92 Å². The van der Waals surface area contributed by atoms with Crippen LogP contribution in [-0.4, -0.2) is 25.6 Å². The van der Waals surface area contributed by atoms with Gasteiger partial charge in [-0.1, -0.05) is 19.1 Å². The number of carbonyl (C=O) groups is 1. The van der Waals surface area contributed by atoms with E-state index in [9.17, 15) is 4.79 Å². The van der Waals surface area contributed by atoms with E-state index in [0.717, 1.165) is 35.9 Å². The largest absolute Gasteiger partial charge is 0.494 e. The zero-order chi connectivity index (χ0) is 20.1. The quantitative estimate of drug-likeness (QED) is 0.756. The molecule has 0 aromatic heterocycles. The second-order valence-corrected chi connectivity index (χ2v) is 7.89. The highest BCUT2D eigenvalue weighted by Crippen LogP contribution is 2.25. The van der Waals surface area contributed by atoms with Crippen LogP contribution in [-0.2, 0) is 0 Å². The highest BCUT2D eigenvalue weighted by molar-refractivity contribution is 5.94. The Balaban J connectivity index is 1.63. The summed E-state index contributed by atoms with van der Waals surface area (Å²) in [5, 5.41) is 3.10. The number of hydrogen-bond donors (Lipinski definition) is 1. The Morgan fingerprint density at radius 3 is 2.64 bits per heavy atom. The Hall–Kier alpha value is -2.49. The molecule has 28 heavy (non-hydrogen) atoms. The van der Waals surface area contributed by atoms with Crippen molar-refractivity contribution in [3.63, 3.8) is 0 Å². The van der Waals surface area contributed by atoms with Gasteiger partial charge >= 0.3 is 0 Å². The Morgan fingerprint density at radius 2 is 2.00 bits per heavy atom. The van der Waals surface area contributed by atoms with Gasteiger partial charge in [-0.3, -0.25) is 4.79 Å². The first-order chi connectivity index (χ1) is 13.5. The fourth-order valence-electron chi connectivity index (χ4n) is 3.87. The van der Waals surface area contributed by atoms with Crippen molar-refractivity contribution in [3.05, 3.63) is 59.2 Å². The Labute approximate surface area is 168 Å². The number of benzene rings is 2. The minimum absolute atomic E-state index is 0.0475. The van der Waals surface area contributed by atoms with Crippen molar-refractivity contribution in [2.75, 3.05) is 24.6 Å². The van der Waals surface area contributed by atoms with Crippen LogP contribution in [0.25, 0.3) is 0 Å². The third-order valence-corrected chi connectivity index (χ3v) is 5.50. The van der Waals surface area contributed by atoms with Crippen LogP contribution in [0, 0.1) is 12.8 Å². The van der Waals surface area contributed by atoms with Gasteiger partial charge in [0.1, 0.15) is 5.75 Å². The molecular weight excluding hydrogens is 348 g/mol. The van der Waals surface area contributed by atoms with Crippen LogP contribution in [0.4, 0.5) is 5.69 Å². The molecule has 1 aliphatic rings. The Bertz CT molecular complexity index is 801. The van der Waals surface area contributed by atoms with Crippen molar-refractivity contribution in [1.82, 2.24) is 5.32 Å². The lowest BCUT2D eigenvalue weighted by molar-refractivity contribution is 0.0939. The van der Waals surface area contributed by atoms with Gasteiger partial charge in [0.15, 0.2) is 0 Å². The second-order valence-electron chi connectivity index (χ2n) is 7.89. The second kappa shape index (κ2) is 9.13. The van der Waals surface area contributed by atoms with Crippen LogP contribution in [0.15, 0.2) is 42.5 Å². The highest BCUT2D eigenvalue weighted by Gasteiger charge is 2.17. The molecule has 4 nitrogen and oxygen atoms in total. The van der Waals surface area contributed by atoms with Crippen LogP contribution in [0.3, 0.4) is 0 Å². The fourth-order valence-corrected chi connectivity index (χ4v) is 3.87. The first-order valence-corrected chi connectivity index (χ1v) is 10.4. The fraction of sp³-hybridized carbons (Fsp3) is 0.458. The molecule has 1 aliphatic heterocycles. The van der Waals surface area contributed by atoms with Crippen molar-refractivity contribution in [3.8, 4) is 5.75 Å². The lowest BCUT2D eigenvalue weighted by Crippen LogP contribution is -2.34. The number of carbonyl (C=O) groups excluding carboxylic acids is 1. The van der Waals surface area contributed by atoms with Gasteiger partial charge in [0.05, 0.1) is 12.6 Å². The number of hydrogen-bond acceptors (Lipinski definition) is 3. The number of anilines is 1. The molecule has 0 radical (unpaired) electrons. The van der Waals surface area contributed by atoms with Gasteiger partial charge in [-0.05, 0) is 81.0 Å². The summed E-state index contributed by atoms with van der Waals surface area (Å²) in [7, 11) is 0. The molecule has 1 fully saturated rings. The van der Waals surface area contributed by atoms with Crippen LogP contribution in [0.2, 0.25) is 0 Å². The summed E-state index contributed by atoms with van der Waals surface area (Å²) in [6.45, 7) is 11.1. The van der Waals surface area contributed by atoms with E-state index >= 15 is 0 Å². The molecule has 2 aromatic carbocycles. The highest BCUT2D eigenvalue weighted by atomic mass is 16.5. The monoisotopic (exact) mass is 380 g/mol. The third-order valence-electron chi connectivity index (χ3n) is 5.50. The van der Waals surface area contributed by atoms with Crippen LogP contribution in [0.5, 0.6) is 5.75 Å². The van der Waals surface area contributed by atoms with Gasteiger partial charge in [0.2, 0.25) is 0 Å². The van der Waals surface area contributed by atoms with Gasteiger partial charge in [0, 0.05) is 24.3 Å². The van der Waals surface area contributed by atoms with E-state index in [4.69, 9.17) is 4.74 Å². The van der Waals surface area contributed by atoms with E-state index in [-0.39, 0.29) is 11.9 Å². The summed E-state index contributed by atoms with van der Waals surface area (Å²) in [6, 6.07) is 14.1. The van der Waals surface area contributed by atoms with Crippen LogP contribution >= 0.6 is 0 Å². The molecule has 2 atom stereocenters. The number of aryl methyl sites for hydroxylation is 1. The van der Waals surface area contributed by atoms with Crippen molar-refractivity contribution < 1.29 is 9.53 Å². The van der Waals surface area contributed by atoms with Gasteiger partial charge in [-0.2, -0.15) is 0 Å². The Morgan fingerprint density at radius 1 is 1.25 bits per heavy atom. The SMILES string of the molecule is CCOc1ccc(C(=O)NC(C)c2ccc(N3CCCC(C)C3)cc2)cc1C. The molecule has 0 aliphatic carbocycles. The van der Waals surface area contributed by atoms with E-state index in [1.165, 1.54) is 18.5 Å². The molecule has 0 saturated carbocycles. The van der Waals surface area contributed by atoms with Gasteiger partial charge < -0.3 is 15.0 Å². The number of ether oxygens (including phenoxy) is 1. The van der Waals surface area contributed by atoms with E-state index in [1.54, 1.807) is 0 Å². The normalized spacial score (nSPS) is 17.9. The summed E-state index contributed by atoms with van der Waals surface area (Å²) < 4.78 is 5.55. The Kier molecular flexibility index (Phi) is 6.61. The molecule has 0 bridgehead atoms. The zero-order valence-corrected chi connectivity index (χ0v) is 17.5. The molecule has 0 spiro atoms. The molecule has 1 amide bonds. The molecule has 1 saturated heterocycles. The predicted molar refractivity (Wildman–Crippen MR) is 115 cm³/mol. The standard InChI is InChI=1S/C24H32N2O2/c1-5-28-23-13-10-21(15-18(23)3)24(27)25-19(4)20-8-11-22(12-9-20)26-14-6-7-17(2)16-26/h8-13,15,17,19H,5-7,14,16H2,1-4H3,(H,25,27). The molecule has 3 rings (SSSR count). The van der Waals surface area contributed by atoms with Crippen molar-refractivity contribution >= 4 is 11.6 Å². The summed E-state index contributed by atoms with van der Waals surface area (Å²) in [5.41, 5.74) is 4.02. The zero-order valence-electron chi connectivity index (χ0n) is 17.5. The minimum atomic E-state index is -0.0624. The molecule has 1 N–H and O–H groups in total. The smallest absolute Gasteiger partial charge is 0.251 e. The minimum Gasteiger partial charge on any atom is -0.494 e. The van der Waals surface area contributed by atoms with E-state index in [2.05, 4.69) is 41.4 Å². The van der Waals surface area contributed by atoms with Gasteiger partial charge in [0.25, 0.3) is 5.91 Å². The number of amides is 1. The van der Waals surface area contributed by atoms with E-state index in [1.807, 2.05) is 39.0 Å². The van der Waals surface area contributed by atoms with Crippen molar-refractivity contribution in [1.29, 1.82) is 0 Å². The van der Waals surface area contributed by atoms with E-state index < -0.39 is 0 Å². The lowest BCUT2D eigenvalue weighted by Gasteiger charge is -2.33. The molecular formula is C24H32N2O2. The lowest BCUT2D eigenvalue weighted by atomic mass is 9.99. The van der Waals surface area contributed by atoms with Crippen molar-refractivity contribution in [2.45, 2.75) is 46.6 Å². The number of nitrogens with zero attached hydrogens (tertiary/aromatic N) is 1. The number of rotatable bonds is 6. The maximum Gasteiger partial charge on any atom is 0.251 e. The topological polar surface area (TPSA) is 41.6 Å². The third kappa shape index (κ3) is 4.86. The van der Waals surface area contributed by atoms with E-state index in [0.29, 0.717) is 12.2 Å².